The Morgan fingerprint density at radius 2 is 1.58 bits per heavy atom. The third kappa shape index (κ3) is 1.34. The van der Waals surface area contributed by atoms with Crippen molar-refractivity contribution in [1.29, 1.82) is 0 Å². The van der Waals surface area contributed by atoms with Gasteiger partial charge in [0.15, 0.2) is 0 Å². The van der Waals surface area contributed by atoms with E-state index in [1.165, 1.54) is 4.90 Å². The van der Waals surface area contributed by atoms with Crippen LogP contribution in [0.25, 0.3) is 0 Å². The molecule has 2 amide bonds. The minimum Gasteiger partial charge on any atom is -0.269 e. The zero-order valence-corrected chi connectivity index (χ0v) is 11.0. The van der Waals surface area contributed by atoms with Crippen molar-refractivity contribution in [3.8, 4) is 0 Å². The lowest BCUT2D eigenvalue weighted by molar-refractivity contribution is -0.121. The number of rotatable bonds is 1. The molecule has 0 saturated heterocycles. The van der Waals surface area contributed by atoms with Crippen LogP contribution in [0.4, 0.5) is 5.69 Å². The average molecular weight is 274 g/mol. The van der Waals surface area contributed by atoms with E-state index in [0.717, 1.165) is 30.4 Å². The van der Waals surface area contributed by atoms with Crippen LogP contribution in [0.1, 0.15) is 19.3 Å². The summed E-state index contributed by atoms with van der Waals surface area (Å²) >= 11 is 6.12. The van der Waals surface area contributed by atoms with Gasteiger partial charge in [-0.1, -0.05) is 23.7 Å². The molecule has 1 fully saturated rings. The predicted octanol–water partition coefficient (Wildman–Crippen LogP) is 2.94. The molecule has 2 bridgehead atoms. The fourth-order valence-corrected chi connectivity index (χ4v) is 3.93. The Morgan fingerprint density at radius 3 is 2.16 bits per heavy atom. The van der Waals surface area contributed by atoms with Gasteiger partial charge in [0.05, 0.1) is 10.7 Å². The Bertz CT molecular complexity index is 617. The van der Waals surface area contributed by atoms with E-state index in [1.54, 1.807) is 24.3 Å². The molecule has 1 aromatic rings. The number of nitrogens with zero attached hydrogens (tertiary/aromatic N) is 1. The number of anilines is 1. The maximum atomic E-state index is 12.5. The molecule has 0 spiro atoms. The van der Waals surface area contributed by atoms with Crippen LogP contribution < -0.4 is 4.90 Å². The number of hydrogen-bond acceptors (Lipinski definition) is 2. The van der Waals surface area contributed by atoms with Crippen LogP contribution in [0, 0.1) is 11.8 Å². The van der Waals surface area contributed by atoms with Gasteiger partial charge in [0.25, 0.3) is 11.8 Å². The number of halogens is 1. The standard InChI is InChI=1S/C15H12ClNO2/c16-10-3-1-2-4-11(10)17-14(18)12-8-5-6-9(7-8)13(12)15(17)19/h1-4,8-9H,5-7H2. The summed E-state index contributed by atoms with van der Waals surface area (Å²) in [5.41, 5.74) is 2.04. The first-order valence-corrected chi connectivity index (χ1v) is 6.93. The first-order valence-electron chi connectivity index (χ1n) is 6.56. The van der Waals surface area contributed by atoms with Crippen LogP contribution in [0.2, 0.25) is 5.02 Å². The van der Waals surface area contributed by atoms with Crippen LogP contribution >= 0.6 is 11.6 Å². The first-order chi connectivity index (χ1) is 9.18. The monoisotopic (exact) mass is 273 g/mol. The molecule has 2 atom stereocenters. The number of imide groups is 1. The molecule has 0 radical (unpaired) electrons. The summed E-state index contributed by atoms with van der Waals surface area (Å²) in [5, 5.41) is 0.442. The van der Waals surface area contributed by atoms with Crippen molar-refractivity contribution in [2.24, 2.45) is 11.8 Å². The summed E-state index contributed by atoms with van der Waals surface area (Å²) in [6, 6.07) is 7.01. The maximum Gasteiger partial charge on any atom is 0.262 e. The number of carbonyl (C=O) groups is 2. The third-order valence-corrected chi connectivity index (χ3v) is 4.82. The van der Waals surface area contributed by atoms with Crippen molar-refractivity contribution >= 4 is 29.1 Å². The fraction of sp³-hybridized carbons (Fsp3) is 0.333. The summed E-state index contributed by atoms with van der Waals surface area (Å²) in [5.74, 6) is 0.286. The molecule has 1 aliphatic heterocycles. The van der Waals surface area contributed by atoms with Gasteiger partial charge in [0.2, 0.25) is 0 Å². The van der Waals surface area contributed by atoms with E-state index in [0.29, 0.717) is 22.5 Å². The summed E-state index contributed by atoms with van der Waals surface area (Å²) in [4.78, 5) is 26.3. The molecule has 3 nitrogen and oxygen atoms in total. The summed E-state index contributed by atoms with van der Waals surface area (Å²) < 4.78 is 0. The molecule has 19 heavy (non-hydrogen) atoms. The van der Waals surface area contributed by atoms with Gasteiger partial charge in [-0.2, -0.15) is 0 Å². The Hall–Kier alpha value is -1.61. The van der Waals surface area contributed by atoms with Crippen molar-refractivity contribution in [2.45, 2.75) is 19.3 Å². The zero-order valence-electron chi connectivity index (χ0n) is 10.2. The Kier molecular flexibility index (Phi) is 2.19. The number of para-hydroxylation sites is 1. The largest absolute Gasteiger partial charge is 0.269 e. The van der Waals surface area contributed by atoms with Crippen LogP contribution in [-0.4, -0.2) is 11.8 Å². The van der Waals surface area contributed by atoms with E-state index in [9.17, 15) is 9.59 Å². The van der Waals surface area contributed by atoms with Crippen molar-refractivity contribution in [1.82, 2.24) is 0 Å². The third-order valence-electron chi connectivity index (χ3n) is 4.50. The van der Waals surface area contributed by atoms with E-state index in [-0.39, 0.29) is 11.8 Å². The van der Waals surface area contributed by atoms with Gasteiger partial charge in [-0.25, -0.2) is 4.90 Å². The van der Waals surface area contributed by atoms with Gasteiger partial charge in [-0.05, 0) is 43.2 Å². The minimum atomic E-state index is -0.152. The number of fused-ring (bicyclic) bond motifs is 4. The molecule has 1 aromatic carbocycles. The van der Waals surface area contributed by atoms with Gasteiger partial charge < -0.3 is 0 Å². The molecule has 0 aromatic heterocycles. The smallest absolute Gasteiger partial charge is 0.262 e. The predicted molar refractivity (Wildman–Crippen MR) is 71.8 cm³/mol. The van der Waals surface area contributed by atoms with E-state index in [4.69, 9.17) is 11.6 Å². The maximum absolute atomic E-state index is 12.5. The van der Waals surface area contributed by atoms with Gasteiger partial charge in [-0.15, -0.1) is 0 Å². The molecule has 2 unspecified atom stereocenters. The highest BCUT2D eigenvalue weighted by Gasteiger charge is 2.52. The molecular formula is C15H12ClNO2. The second-order valence-corrected chi connectivity index (χ2v) is 5.84. The molecule has 1 heterocycles. The van der Waals surface area contributed by atoms with Crippen LogP contribution in [0.3, 0.4) is 0 Å². The molecule has 0 N–H and O–H groups in total. The lowest BCUT2D eigenvalue weighted by atomic mass is 9.93. The highest BCUT2D eigenvalue weighted by Crippen LogP contribution is 2.53. The Balaban J connectivity index is 1.81. The highest BCUT2D eigenvalue weighted by atomic mass is 35.5. The van der Waals surface area contributed by atoms with Crippen molar-refractivity contribution in [3.63, 3.8) is 0 Å². The van der Waals surface area contributed by atoms with Gasteiger partial charge in [-0.3, -0.25) is 9.59 Å². The Labute approximate surface area is 115 Å². The lowest BCUT2D eigenvalue weighted by Crippen LogP contribution is -2.33. The number of carbonyl (C=O) groups excluding carboxylic acids is 2. The van der Waals surface area contributed by atoms with Gasteiger partial charge in [0, 0.05) is 11.1 Å². The van der Waals surface area contributed by atoms with E-state index in [1.807, 2.05) is 0 Å². The zero-order chi connectivity index (χ0) is 13.1. The first kappa shape index (κ1) is 11.2. The number of amides is 2. The molecule has 4 heteroatoms. The normalized spacial score (nSPS) is 28.6. The average Bonchev–Trinajstić information content (AvgIpc) is 3.06. The molecule has 4 rings (SSSR count). The second-order valence-electron chi connectivity index (χ2n) is 5.43. The van der Waals surface area contributed by atoms with E-state index in [2.05, 4.69) is 0 Å². The fourth-order valence-electron chi connectivity index (χ4n) is 3.71. The summed E-state index contributed by atoms with van der Waals surface area (Å²) in [7, 11) is 0. The molecule has 2 aliphatic carbocycles. The second kappa shape index (κ2) is 3.70. The number of hydrogen-bond donors (Lipinski definition) is 0. The molecule has 1 saturated carbocycles. The Morgan fingerprint density at radius 1 is 1.00 bits per heavy atom. The SMILES string of the molecule is O=C1C2=C(C(=O)N1c1ccccc1Cl)C1CCC2C1. The van der Waals surface area contributed by atoms with Gasteiger partial charge >= 0.3 is 0 Å². The van der Waals surface area contributed by atoms with Gasteiger partial charge in [0.1, 0.15) is 0 Å². The lowest BCUT2D eigenvalue weighted by Gasteiger charge is -2.19. The van der Waals surface area contributed by atoms with E-state index < -0.39 is 0 Å². The quantitative estimate of drug-likeness (QED) is 0.738. The minimum absolute atomic E-state index is 0.152. The van der Waals surface area contributed by atoms with Crippen molar-refractivity contribution in [2.75, 3.05) is 4.90 Å². The summed E-state index contributed by atoms with van der Waals surface area (Å²) in [6.07, 6.45) is 3.07. The van der Waals surface area contributed by atoms with Crippen LogP contribution in [-0.2, 0) is 9.59 Å². The van der Waals surface area contributed by atoms with Crippen molar-refractivity contribution < 1.29 is 9.59 Å². The van der Waals surface area contributed by atoms with Crippen molar-refractivity contribution in [3.05, 3.63) is 40.4 Å². The highest BCUT2D eigenvalue weighted by molar-refractivity contribution is 6.39. The van der Waals surface area contributed by atoms with Crippen LogP contribution in [0.5, 0.6) is 0 Å². The number of benzene rings is 1. The topological polar surface area (TPSA) is 37.4 Å². The molecule has 3 aliphatic rings. The van der Waals surface area contributed by atoms with E-state index >= 15 is 0 Å². The summed E-state index contributed by atoms with van der Waals surface area (Å²) in [6.45, 7) is 0. The molecular weight excluding hydrogens is 262 g/mol. The molecule has 96 valence electrons. The van der Waals surface area contributed by atoms with Crippen LogP contribution in [0.15, 0.2) is 35.4 Å².